The predicted molar refractivity (Wildman–Crippen MR) is 60.5 cm³/mol. The SMILES string of the molecule is NC(=O)CN1CC2(CCCCCC2)CC1=O. The quantitative estimate of drug-likeness (QED) is 0.762. The van der Waals surface area contributed by atoms with Crippen molar-refractivity contribution in [1.29, 1.82) is 0 Å². The fourth-order valence-corrected chi connectivity index (χ4v) is 3.13. The summed E-state index contributed by atoms with van der Waals surface area (Å²) in [5.41, 5.74) is 5.31. The number of likely N-dealkylation sites (tertiary alicyclic amines) is 1. The molecule has 0 aromatic heterocycles. The zero-order valence-electron chi connectivity index (χ0n) is 9.71. The summed E-state index contributed by atoms with van der Waals surface area (Å²) in [6.07, 6.45) is 7.90. The van der Waals surface area contributed by atoms with E-state index in [0.717, 1.165) is 19.4 Å². The summed E-state index contributed by atoms with van der Waals surface area (Å²) < 4.78 is 0. The molecule has 0 aromatic rings. The van der Waals surface area contributed by atoms with Crippen LogP contribution in [0.4, 0.5) is 0 Å². The molecule has 4 nitrogen and oxygen atoms in total. The summed E-state index contributed by atoms with van der Waals surface area (Å²) in [7, 11) is 0. The second-order valence-electron chi connectivity index (χ2n) is 5.31. The highest BCUT2D eigenvalue weighted by atomic mass is 16.2. The number of rotatable bonds is 2. The van der Waals surface area contributed by atoms with Crippen LogP contribution in [0, 0.1) is 5.41 Å². The Labute approximate surface area is 96.2 Å². The number of nitrogens with zero attached hydrogens (tertiary/aromatic N) is 1. The average molecular weight is 224 g/mol. The maximum atomic E-state index is 11.8. The van der Waals surface area contributed by atoms with Gasteiger partial charge in [0.1, 0.15) is 0 Å². The molecule has 1 saturated carbocycles. The van der Waals surface area contributed by atoms with E-state index >= 15 is 0 Å². The molecule has 1 aliphatic heterocycles. The first-order valence-electron chi connectivity index (χ1n) is 6.17. The lowest BCUT2D eigenvalue weighted by Gasteiger charge is -2.26. The van der Waals surface area contributed by atoms with Crippen LogP contribution in [0.3, 0.4) is 0 Å². The van der Waals surface area contributed by atoms with Crippen molar-refractivity contribution >= 4 is 11.8 Å². The Balaban J connectivity index is 2.02. The molecule has 90 valence electrons. The van der Waals surface area contributed by atoms with Crippen LogP contribution >= 0.6 is 0 Å². The van der Waals surface area contributed by atoms with Gasteiger partial charge in [0.2, 0.25) is 11.8 Å². The van der Waals surface area contributed by atoms with Crippen LogP contribution in [0.1, 0.15) is 44.9 Å². The first-order valence-corrected chi connectivity index (χ1v) is 6.17. The van der Waals surface area contributed by atoms with Crippen LogP contribution in [0.25, 0.3) is 0 Å². The largest absolute Gasteiger partial charge is 0.368 e. The van der Waals surface area contributed by atoms with Crippen LogP contribution in [0.5, 0.6) is 0 Å². The van der Waals surface area contributed by atoms with Gasteiger partial charge >= 0.3 is 0 Å². The fraction of sp³-hybridized carbons (Fsp3) is 0.833. The third kappa shape index (κ3) is 2.36. The molecule has 1 aliphatic carbocycles. The van der Waals surface area contributed by atoms with Crippen molar-refractivity contribution in [1.82, 2.24) is 4.90 Å². The molecule has 1 saturated heterocycles. The molecule has 2 aliphatic rings. The van der Waals surface area contributed by atoms with Gasteiger partial charge in [-0.25, -0.2) is 0 Å². The van der Waals surface area contributed by atoms with Crippen molar-refractivity contribution in [2.75, 3.05) is 13.1 Å². The van der Waals surface area contributed by atoms with Crippen molar-refractivity contribution in [3.63, 3.8) is 0 Å². The number of hydrogen-bond acceptors (Lipinski definition) is 2. The summed E-state index contributed by atoms with van der Waals surface area (Å²) in [5.74, 6) is -0.292. The number of carbonyl (C=O) groups is 2. The van der Waals surface area contributed by atoms with Crippen LogP contribution < -0.4 is 5.73 Å². The molecule has 2 amide bonds. The minimum atomic E-state index is -0.404. The first kappa shape index (κ1) is 11.4. The van der Waals surface area contributed by atoms with Gasteiger partial charge in [-0.3, -0.25) is 9.59 Å². The molecular weight excluding hydrogens is 204 g/mol. The Morgan fingerprint density at radius 1 is 1.25 bits per heavy atom. The van der Waals surface area contributed by atoms with Gasteiger partial charge in [-0.15, -0.1) is 0 Å². The van der Waals surface area contributed by atoms with Crippen molar-refractivity contribution in [2.24, 2.45) is 11.1 Å². The van der Waals surface area contributed by atoms with Gasteiger partial charge in [-0.2, -0.15) is 0 Å². The molecule has 0 atom stereocenters. The molecule has 2 N–H and O–H groups in total. The van der Waals surface area contributed by atoms with Crippen molar-refractivity contribution in [3.05, 3.63) is 0 Å². The summed E-state index contributed by atoms with van der Waals surface area (Å²) in [4.78, 5) is 24.3. The third-order valence-corrected chi connectivity index (χ3v) is 3.92. The predicted octanol–water partition coefficient (Wildman–Crippen LogP) is 1.04. The minimum absolute atomic E-state index is 0.0978. The van der Waals surface area contributed by atoms with Crippen LogP contribution in [0.15, 0.2) is 0 Å². The highest BCUT2D eigenvalue weighted by molar-refractivity contribution is 5.85. The molecule has 0 bridgehead atoms. The topological polar surface area (TPSA) is 63.4 Å². The van der Waals surface area contributed by atoms with Crippen molar-refractivity contribution in [2.45, 2.75) is 44.9 Å². The maximum absolute atomic E-state index is 11.8. The van der Waals surface area contributed by atoms with E-state index in [1.165, 1.54) is 25.7 Å². The standard InChI is InChI=1S/C12H20N2O2/c13-10(15)8-14-9-12(7-11(14)16)5-3-1-2-4-6-12/h1-9H2,(H2,13,15). The van der Waals surface area contributed by atoms with Crippen LogP contribution in [-0.4, -0.2) is 29.8 Å². The summed E-state index contributed by atoms with van der Waals surface area (Å²) in [5, 5.41) is 0. The number of hydrogen-bond donors (Lipinski definition) is 1. The van der Waals surface area contributed by atoms with Gasteiger partial charge in [-0.05, 0) is 18.3 Å². The second-order valence-corrected chi connectivity index (χ2v) is 5.31. The number of amides is 2. The molecule has 2 fully saturated rings. The van der Waals surface area contributed by atoms with Gasteiger partial charge < -0.3 is 10.6 Å². The molecule has 1 heterocycles. The lowest BCUT2D eigenvalue weighted by Crippen LogP contribution is -2.36. The highest BCUT2D eigenvalue weighted by Gasteiger charge is 2.42. The molecule has 0 unspecified atom stereocenters. The van der Waals surface area contributed by atoms with Crippen molar-refractivity contribution < 1.29 is 9.59 Å². The van der Waals surface area contributed by atoms with Crippen molar-refractivity contribution in [3.8, 4) is 0 Å². The summed E-state index contributed by atoms with van der Waals surface area (Å²) >= 11 is 0. The zero-order chi connectivity index (χ0) is 11.6. The van der Waals surface area contributed by atoms with E-state index in [4.69, 9.17) is 5.73 Å². The lowest BCUT2D eigenvalue weighted by atomic mass is 9.80. The van der Waals surface area contributed by atoms with Crippen LogP contribution in [0.2, 0.25) is 0 Å². The number of nitrogens with two attached hydrogens (primary N) is 1. The summed E-state index contributed by atoms with van der Waals surface area (Å²) in [6.45, 7) is 0.843. The molecular formula is C12H20N2O2. The van der Waals surface area contributed by atoms with E-state index in [9.17, 15) is 9.59 Å². The third-order valence-electron chi connectivity index (χ3n) is 3.92. The van der Waals surface area contributed by atoms with E-state index < -0.39 is 5.91 Å². The van der Waals surface area contributed by atoms with Gasteiger partial charge in [0.15, 0.2) is 0 Å². The first-order chi connectivity index (χ1) is 7.61. The molecule has 0 radical (unpaired) electrons. The van der Waals surface area contributed by atoms with E-state index in [0.29, 0.717) is 6.42 Å². The van der Waals surface area contributed by atoms with Gasteiger partial charge in [0.05, 0.1) is 6.54 Å². The van der Waals surface area contributed by atoms with E-state index in [-0.39, 0.29) is 17.9 Å². The van der Waals surface area contributed by atoms with Crippen LogP contribution in [-0.2, 0) is 9.59 Å². The number of primary amides is 1. The molecule has 0 aromatic carbocycles. The monoisotopic (exact) mass is 224 g/mol. The highest BCUT2D eigenvalue weighted by Crippen LogP contribution is 2.42. The Hall–Kier alpha value is -1.06. The average Bonchev–Trinajstić information content (AvgIpc) is 2.38. The lowest BCUT2D eigenvalue weighted by molar-refractivity contribution is -0.132. The molecule has 2 rings (SSSR count). The van der Waals surface area contributed by atoms with E-state index in [2.05, 4.69) is 0 Å². The van der Waals surface area contributed by atoms with E-state index in [1.807, 2.05) is 0 Å². The van der Waals surface area contributed by atoms with Gasteiger partial charge in [-0.1, -0.05) is 25.7 Å². The molecule has 4 heteroatoms. The van der Waals surface area contributed by atoms with E-state index in [1.54, 1.807) is 4.90 Å². The fourth-order valence-electron chi connectivity index (χ4n) is 3.13. The molecule has 16 heavy (non-hydrogen) atoms. The van der Waals surface area contributed by atoms with Gasteiger partial charge in [0, 0.05) is 13.0 Å². The number of carbonyl (C=O) groups excluding carboxylic acids is 2. The smallest absolute Gasteiger partial charge is 0.237 e. The Morgan fingerprint density at radius 3 is 2.44 bits per heavy atom. The Bertz CT molecular complexity index is 293. The van der Waals surface area contributed by atoms with Gasteiger partial charge in [0.25, 0.3) is 0 Å². The Morgan fingerprint density at radius 2 is 1.88 bits per heavy atom. The second kappa shape index (κ2) is 4.44. The molecule has 1 spiro atoms. The summed E-state index contributed by atoms with van der Waals surface area (Å²) in [6, 6.07) is 0. The minimum Gasteiger partial charge on any atom is -0.368 e. The maximum Gasteiger partial charge on any atom is 0.237 e. The zero-order valence-corrected chi connectivity index (χ0v) is 9.71. The normalized spacial score (nSPS) is 24.8. The Kier molecular flexibility index (Phi) is 3.17.